The zero-order valence-electron chi connectivity index (χ0n) is 22.6. The molecule has 9 nitrogen and oxygen atoms in total. The van der Waals surface area contributed by atoms with Crippen LogP contribution in [-0.2, 0) is 27.7 Å². The first-order valence-electron chi connectivity index (χ1n) is 12.5. The molecule has 2 atom stereocenters. The number of anilines is 1. The number of hydrogen-bond donors (Lipinski definition) is 5. The number of benzene rings is 3. The average Bonchev–Trinajstić information content (AvgIpc) is 2.86. The van der Waals surface area contributed by atoms with Gasteiger partial charge in [-0.25, -0.2) is 8.42 Å². The van der Waals surface area contributed by atoms with Gasteiger partial charge in [0.25, 0.3) is 0 Å². The number of phenolic OH excluding ortho intramolecular Hbond substituents is 1. The minimum Gasteiger partial charge on any atom is -0.506 e. The molecule has 0 saturated carbocycles. The second-order valence-corrected chi connectivity index (χ2v) is 12.1. The highest BCUT2D eigenvalue weighted by atomic mass is 32.2. The van der Waals surface area contributed by atoms with E-state index < -0.39 is 33.5 Å². The van der Waals surface area contributed by atoms with Crippen LogP contribution in [-0.4, -0.2) is 50.0 Å². The van der Waals surface area contributed by atoms with Gasteiger partial charge >= 0.3 is 0 Å². The maximum atomic E-state index is 12.4. The van der Waals surface area contributed by atoms with Crippen molar-refractivity contribution in [3.05, 3.63) is 89.0 Å². The molecule has 3 aromatic carbocycles. The van der Waals surface area contributed by atoms with Gasteiger partial charge in [0.05, 0.1) is 31.1 Å². The highest BCUT2D eigenvalue weighted by molar-refractivity contribution is 7.92. The van der Waals surface area contributed by atoms with E-state index in [1.54, 1.807) is 7.11 Å². The van der Waals surface area contributed by atoms with Crippen LogP contribution in [0.15, 0.2) is 66.7 Å². The van der Waals surface area contributed by atoms with Crippen LogP contribution in [0.2, 0.25) is 0 Å². The first kappa shape index (κ1) is 29.9. The van der Waals surface area contributed by atoms with Crippen molar-refractivity contribution in [3.8, 4) is 11.5 Å². The zero-order valence-corrected chi connectivity index (χ0v) is 23.5. The van der Waals surface area contributed by atoms with Crippen LogP contribution in [0.1, 0.15) is 48.1 Å². The second kappa shape index (κ2) is 12.5. The lowest BCUT2D eigenvalue weighted by Crippen LogP contribution is -2.43. The fourth-order valence-electron chi connectivity index (χ4n) is 4.44. The molecule has 3 rings (SSSR count). The third kappa shape index (κ3) is 8.98. The molecule has 3 aromatic rings. The molecule has 0 heterocycles. The van der Waals surface area contributed by atoms with Gasteiger partial charge in [0, 0.05) is 12.1 Å². The van der Waals surface area contributed by atoms with Gasteiger partial charge < -0.3 is 26.0 Å². The highest BCUT2D eigenvalue weighted by Gasteiger charge is 2.23. The van der Waals surface area contributed by atoms with Crippen molar-refractivity contribution < 1.29 is 28.2 Å². The Morgan fingerprint density at radius 3 is 2.38 bits per heavy atom. The van der Waals surface area contributed by atoms with Crippen LogP contribution in [0.4, 0.5) is 5.69 Å². The number of aliphatic hydroxyl groups excluding tert-OH is 1. The van der Waals surface area contributed by atoms with Gasteiger partial charge in [0.15, 0.2) is 0 Å². The number of nitrogens with one attached hydrogen (secondary N) is 2. The van der Waals surface area contributed by atoms with Gasteiger partial charge in [-0.2, -0.15) is 0 Å². The molecule has 0 aliphatic rings. The third-order valence-corrected chi connectivity index (χ3v) is 6.98. The number of aromatic hydroxyl groups is 1. The minimum atomic E-state index is -3.59. The molecular formula is C29H37N3O6S. The maximum absolute atomic E-state index is 12.4. The van der Waals surface area contributed by atoms with Crippen LogP contribution < -0.4 is 20.5 Å². The molecule has 0 aromatic heterocycles. The Hall–Kier alpha value is -3.60. The molecule has 1 unspecified atom stereocenters. The predicted molar refractivity (Wildman–Crippen MR) is 152 cm³/mol. The molecule has 0 radical (unpaired) electrons. The largest absolute Gasteiger partial charge is 0.506 e. The smallest absolute Gasteiger partial charge is 0.229 e. The number of carbonyl (C=O) groups is 1. The Balaban J connectivity index is 1.69. The summed E-state index contributed by atoms with van der Waals surface area (Å²) in [6.07, 6.45) is 1.10. The molecule has 0 spiro atoms. The summed E-state index contributed by atoms with van der Waals surface area (Å²) in [6, 6.07) is 19.6. The maximum Gasteiger partial charge on any atom is 0.229 e. The van der Waals surface area contributed by atoms with Gasteiger partial charge in [0.2, 0.25) is 15.9 Å². The minimum absolute atomic E-state index is 0.00285. The van der Waals surface area contributed by atoms with E-state index in [4.69, 9.17) is 10.5 Å². The first-order valence-corrected chi connectivity index (χ1v) is 14.4. The Kier molecular flexibility index (Phi) is 9.60. The number of β-amino-alcohol motifs (C(OH)–C–C–N with tert-alkyl or cyclic N) is 1. The van der Waals surface area contributed by atoms with Crippen molar-refractivity contribution in [2.24, 2.45) is 5.73 Å². The van der Waals surface area contributed by atoms with Crippen molar-refractivity contribution in [1.82, 2.24) is 5.32 Å². The van der Waals surface area contributed by atoms with E-state index in [1.165, 1.54) is 18.2 Å². The molecule has 0 aliphatic carbocycles. The van der Waals surface area contributed by atoms with Gasteiger partial charge in [-0.1, -0.05) is 42.5 Å². The Morgan fingerprint density at radius 1 is 1.03 bits per heavy atom. The fourth-order valence-corrected chi connectivity index (χ4v) is 5.01. The average molecular weight is 556 g/mol. The van der Waals surface area contributed by atoms with Crippen molar-refractivity contribution in [1.29, 1.82) is 0 Å². The summed E-state index contributed by atoms with van der Waals surface area (Å²) in [7, 11) is -1.99. The molecule has 0 saturated heterocycles. The van der Waals surface area contributed by atoms with Gasteiger partial charge in [-0.3, -0.25) is 9.52 Å². The monoisotopic (exact) mass is 555 g/mol. The van der Waals surface area contributed by atoms with Crippen LogP contribution >= 0.6 is 0 Å². The SMILES string of the molecule is COc1cccc(CC(C(N)=O)c2cccc(CC(C)(C)NC[C@H](O)c3ccc(O)c(NS(C)(=O)=O)c3)c2)c1. The van der Waals surface area contributed by atoms with Crippen LogP contribution in [0.25, 0.3) is 0 Å². The lowest BCUT2D eigenvalue weighted by atomic mass is 9.88. The Morgan fingerprint density at radius 2 is 1.72 bits per heavy atom. The number of nitrogens with two attached hydrogens (primary N) is 1. The molecule has 10 heteroatoms. The quantitative estimate of drug-likeness (QED) is 0.203. The van der Waals surface area contributed by atoms with E-state index in [0.717, 1.165) is 28.7 Å². The zero-order chi connectivity index (χ0) is 28.8. The molecule has 6 N–H and O–H groups in total. The summed E-state index contributed by atoms with van der Waals surface area (Å²) < 4.78 is 30.7. The first-order chi connectivity index (χ1) is 18.3. The van der Waals surface area contributed by atoms with E-state index >= 15 is 0 Å². The number of hydrogen-bond acceptors (Lipinski definition) is 7. The number of phenols is 1. The van der Waals surface area contributed by atoms with Crippen molar-refractivity contribution in [2.45, 2.75) is 44.2 Å². The fraction of sp³-hybridized carbons (Fsp3) is 0.345. The van der Waals surface area contributed by atoms with E-state index in [9.17, 15) is 23.4 Å². The number of ether oxygens (including phenoxy) is 1. The standard InChI is InChI=1S/C29H37N3O6S/c1-29(2,31-18-27(34)22-11-12-26(33)25(16-22)32-39(4,36)37)17-20-8-5-9-21(13-20)24(28(30)35)15-19-7-6-10-23(14-19)38-3/h5-14,16,24,27,31-34H,15,17-18H2,1-4H3,(H2,30,35)/t24?,27-/m0/s1. The number of amides is 1. The predicted octanol–water partition coefficient (Wildman–Crippen LogP) is 3.23. The lowest BCUT2D eigenvalue weighted by molar-refractivity contribution is -0.119. The van der Waals surface area contributed by atoms with Gasteiger partial charge in [-0.15, -0.1) is 0 Å². The van der Waals surface area contributed by atoms with E-state index in [1.807, 2.05) is 62.4 Å². The Bertz CT molecular complexity index is 1410. The Labute approximate surface area is 230 Å². The summed E-state index contributed by atoms with van der Waals surface area (Å²) in [5, 5.41) is 24.0. The van der Waals surface area contributed by atoms with Crippen LogP contribution in [0.3, 0.4) is 0 Å². The van der Waals surface area contributed by atoms with E-state index in [2.05, 4.69) is 10.0 Å². The number of aliphatic hydroxyl groups is 1. The molecule has 0 aliphatic heterocycles. The summed E-state index contributed by atoms with van der Waals surface area (Å²) in [5.41, 5.74) is 8.59. The number of methoxy groups -OCH3 is 1. The van der Waals surface area contributed by atoms with Crippen LogP contribution in [0, 0.1) is 0 Å². The highest BCUT2D eigenvalue weighted by Crippen LogP contribution is 2.29. The summed E-state index contributed by atoms with van der Waals surface area (Å²) >= 11 is 0. The topological polar surface area (TPSA) is 151 Å². The number of sulfonamides is 1. The second-order valence-electron chi connectivity index (χ2n) is 10.4. The van der Waals surface area contributed by atoms with Crippen LogP contribution in [0.5, 0.6) is 11.5 Å². The lowest BCUT2D eigenvalue weighted by Gasteiger charge is -2.28. The molecule has 39 heavy (non-hydrogen) atoms. The van der Waals surface area contributed by atoms with Crippen molar-refractivity contribution in [2.75, 3.05) is 24.6 Å². The van der Waals surface area contributed by atoms with Gasteiger partial charge in [-0.05, 0) is 73.2 Å². The molecule has 0 bridgehead atoms. The summed E-state index contributed by atoms with van der Waals surface area (Å²) in [6.45, 7) is 4.19. The van der Waals surface area contributed by atoms with Gasteiger partial charge in [0.1, 0.15) is 11.5 Å². The summed E-state index contributed by atoms with van der Waals surface area (Å²) in [5.74, 6) is -0.423. The molecule has 0 fully saturated rings. The van der Waals surface area contributed by atoms with Crippen molar-refractivity contribution in [3.63, 3.8) is 0 Å². The molecular weight excluding hydrogens is 518 g/mol. The molecule has 1 amide bonds. The number of carbonyl (C=O) groups excluding carboxylic acids is 1. The van der Waals surface area contributed by atoms with Crippen molar-refractivity contribution >= 4 is 21.6 Å². The third-order valence-electron chi connectivity index (χ3n) is 6.39. The van der Waals surface area contributed by atoms with E-state index in [0.29, 0.717) is 18.4 Å². The number of rotatable bonds is 13. The number of primary amides is 1. The van der Waals surface area contributed by atoms with E-state index in [-0.39, 0.29) is 18.0 Å². The summed E-state index contributed by atoms with van der Waals surface area (Å²) in [4.78, 5) is 12.4. The normalized spacial score (nSPS) is 13.5. The molecule has 210 valence electrons.